The minimum absolute atomic E-state index is 0.219. The van der Waals surface area contributed by atoms with Crippen molar-refractivity contribution in [1.82, 2.24) is 21.0 Å². The Morgan fingerprint density at radius 2 is 1.48 bits per heavy atom. The Morgan fingerprint density at radius 3 is 2.18 bits per heavy atom. The predicted octanol–water partition coefficient (Wildman–Crippen LogP) is 3.86. The molecule has 4 aromatic rings. The molecular weight excluding hydrogens is 420 g/mol. The van der Waals surface area contributed by atoms with Crippen molar-refractivity contribution >= 4 is 11.8 Å². The first-order chi connectivity index (χ1) is 16.0. The van der Waals surface area contributed by atoms with Crippen LogP contribution in [0.2, 0.25) is 0 Å². The number of benzene rings is 3. The fraction of sp³-hybridized carbons (Fsp3) is 0.120. The van der Waals surface area contributed by atoms with Gasteiger partial charge in [-0.15, -0.1) is 10.2 Å². The molecule has 0 radical (unpaired) electrons. The van der Waals surface area contributed by atoms with Crippen molar-refractivity contribution in [3.8, 4) is 28.7 Å². The van der Waals surface area contributed by atoms with Gasteiger partial charge in [0.15, 0.2) is 6.61 Å². The number of ether oxygens (including phenoxy) is 1. The van der Waals surface area contributed by atoms with Gasteiger partial charge in [-0.3, -0.25) is 20.4 Å². The topological polar surface area (TPSA) is 106 Å². The molecule has 1 heterocycles. The lowest BCUT2D eigenvalue weighted by Gasteiger charge is -2.09. The van der Waals surface area contributed by atoms with E-state index in [-0.39, 0.29) is 6.61 Å². The highest BCUT2D eigenvalue weighted by Gasteiger charge is 2.13. The number of nitrogens with zero attached hydrogens (tertiary/aromatic N) is 2. The molecule has 2 amide bonds. The molecule has 8 nitrogen and oxygen atoms in total. The summed E-state index contributed by atoms with van der Waals surface area (Å²) in [6, 6.07) is 21.7. The first-order valence-electron chi connectivity index (χ1n) is 10.3. The molecule has 0 unspecified atom stereocenters. The monoisotopic (exact) mass is 442 g/mol. The van der Waals surface area contributed by atoms with Gasteiger partial charge in [-0.05, 0) is 67.9 Å². The molecule has 3 aromatic carbocycles. The van der Waals surface area contributed by atoms with E-state index in [9.17, 15) is 9.59 Å². The first kappa shape index (κ1) is 21.8. The third-order valence-electron chi connectivity index (χ3n) is 4.76. The first-order valence-corrected chi connectivity index (χ1v) is 10.3. The van der Waals surface area contributed by atoms with Crippen LogP contribution in [0.3, 0.4) is 0 Å². The van der Waals surface area contributed by atoms with E-state index < -0.39 is 11.8 Å². The Balaban J connectivity index is 1.31. The fourth-order valence-corrected chi connectivity index (χ4v) is 3.09. The third-order valence-corrected chi connectivity index (χ3v) is 4.76. The predicted molar refractivity (Wildman–Crippen MR) is 122 cm³/mol. The summed E-state index contributed by atoms with van der Waals surface area (Å²) in [6.45, 7) is 3.70. The Hall–Kier alpha value is -4.46. The number of hydrogen-bond acceptors (Lipinski definition) is 6. The van der Waals surface area contributed by atoms with Gasteiger partial charge in [-0.1, -0.05) is 29.8 Å². The molecule has 33 heavy (non-hydrogen) atoms. The second-order valence-electron chi connectivity index (χ2n) is 7.47. The van der Waals surface area contributed by atoms with E-state index in [1.807, 2.05) is 56.3 Å². The highest BCUT2D eigenvalue weighted by atomic mass is 16.5. The molecule has 0 aliphatic rings. The van der Waals surface area contributed by atoms with Crippen LogP contribution in [0.1, 0.15) is 21.5 Å². The van der Waals surface area contributed by atoms with Gasteiger partial charge in [0.25, 0.3) is 11.8 Å². The number of carbonyl (C=O) groups is 2. The summed E-state index contributed by atoms with van der Waals surface area (Å²) in [5.74, 6) is 0.414. The zero-order valence-electron chi connectivity index (χ0n) is 18.2. The van der Waals surface area contributed by atoms with Crippen LogP contribution < -0.4 is 15.6 Å². The minimum atomic E-state index is -0.476. The Labute approximate surface area is 190 Å². The Morgan fingerprint density at radius 1 is 0.818 bits per heavy atom. The lowest BCUT2D eigenvalue weighted by Crippen LogP contribution is -2.43. The maximum Gasteiger partial charge on any atom is 0.276 e. The molecule has 0 aliphatic carbocycles. The van der Waals surface area contributed by atoms with Crippen molar-refractivity contribution in [2.75, 3.05) is 6.61 Å². The van der Waals surface area contributed by atoms with Crippen LogP contribution in [0, 0.1) is 13.8 Å². The summed E-state index contributed by atoms with van der Waals surface area (Å²) in [6.07, 6.45) is 0. The third kappa shape index (κ3) is 5.62. The fourth-order valence-electron chi connectivity index (χ4n) is 3.09. The van der Waals surface area contributed by atoms with Gasteiger partial charge < -0.3 is 9.15 Å². The van der Waals surface area contributed by atoms with E-state index in [1.54, 1.807) is 30.3 Å². The van der Waals surface area contributed by atoms with Gasteiger partial charge in [0.1, 0.15) is 5.75 Å². The molecule has 0 saturated heterocycles. The molecule has 0 aliphatic heterocycles. The van der Waals surface area contributed by atoms with Crippen molar-refractivity contribution in [3.63, 3.8) is 0 Å². The van der Waals surface area contributed by atoms with Crippen molar-refractivity contribution in [1.29, 1.82) is 0 Å². The number of aryl methyl sites for hydroxylation is 2. The highest BCUT2D eigenvalue weighted by Crippen LogP contribution is 2.24. The highest BCUT2D eigenvalue weighted by molar-refractivity contribution is 5.95. The van der Waals surface area contributed by atoms with Gasteiger partial charge in [0.05, 0.1) is 0 Å². The maximum atomic E-state index is 12.3. The summed E-state index contributed by atoms with van der Waals surface area (Å²) in [5.41, 5.74) is 8.69. The van der Waals surface area contributed by atoms with E-state index in [2.05, 4.69) is 21.0 Å². The van der Waals surface area contributed by atoms with E-state index >= 15 is 0 Å². The molecule has 166 valence electrons. The van der Waals surface area contributed by atoms with E-state index in [0.717, 1.165) is 16.7 Å². The zero-order chi connectivity index (χ0) is 23.2. The van der Waals surface area contributed by atoms with Crippen LogP contribution in [-0.4, -0.2) is 28.6 Å². The molecule has 2 N–H and O–H groups in total. The van der Waals surface area contributed by atoms with E-state index in [0.29, 0.717) is 28.7 Å². The van der Waals surface area contributed by atoms with Gasteiger partial charge in [-0.25, -0.2) is 0 Å². The molecule has 4 rings (SSSR count). The number of rotatable bonds is 6. The van der Waals surface area contributed by atoms with Gasteiger partial charge >= 0.3 is 0 Å². The van der Waals surface area contributed by atoms with Crippen LogP contribution in [0.5, 0.6) is 5.75 Å². The molecular formula is C25H22N4O4. The largest absolute Gasteiger partial charge is 0.484 e. The van der Waals surface area contributed by atoms with Gasteiger partial charge in [0, 0.05) is 16.7 Å². The lowest BCUT2D eigenvalue weighted by atomic mass is 10.1. The molecule has 1 aromatic heterocycles. The van der Waals surface area contributed by atoms with Gasteiger partial charge in [-0.2, -0.15) is 0 Å². The molecule has 0 spiro atoms. The smallest absolute Gasteiger partial charge is 0.276 e. The van der Waals surface area contributed by atoms with Crippen LogP contribution in [0.25, 0.3) is 22.9 Å². The number of carbonyl (C=O) groups excluding carboxylic acids is 2. The summed E-state index contributed by atoms with van der Waals surface area (Å²) >= 11 is 0. The zero-order valence-corrected chi connectivity index (χ0v) is 18.2. The maximum absolute atomic E-state index is 12.3. The average molecular weight is 442 g/mol. The van der Waals surface area contributed by atoms with Crippen LogP contribution in [-0.2, 0) is 4.79 Å². The molecule has 0 bridgehead atoms. The molecule has 0 atom stereocenters. The van der Waals surface area contributed by atoms with Crippen LogP contribution >= 0.6 is 0 Å². The Kier molecular flexibility index (Phi) is 6.45. The van der Waals surface area contributed by atoms with Crippen molar-refractivity contribution in [2.45, 2.75) is 13.8 Å². The summed E-state index contributed by atoms with van der Waals surface area (Å²) in [7, 11) is 0. The van der Waals surface area contributed by atoms with Gasteiger partial charge in [0.2, 0.25) is 11.8 Å². The lowest BCUT2D eigenvalue weighted by molar-refractivity contribution is -0.123. The number of aromatic nitrogens is 2. The number of hydrogen-bond donors (Lipinski definition) is 2. The SMILES string of the molecule is Cc1cccc(OCC(=O)NNC(=O)c2ccc(-c3nnc(-c4cccc(C)c4)o3)cc2)c1. The normalized spacial score (nSPS) is 10.5. The summed E-state index contributed by atoms with van der Waals surface area (Å²) in [5, 5.41) is 8.19. The van der Waals surface area contributed by atoms with Crippen LogP contribution in [0.15, 0.2) is 77.2 Å². The summed E-state index contributed by atoms with van der Waals surface area (Å²) in [4.78, 5) is 24.3. The molecule has 0 fully saturated rings. The quantitative estimate of drug-likeness (QED) is 0.439. The number of hydrazine groups is 1. The second kappa shape index (κ2) is 9.78. The second-order valence-corrected chi connectivity index (χ2v) is 7.47. The molecule has 8 heteroatoms. The van der Waals surface area contributed by atoms with Crippen molar-refractivity contribution in [2.24, 2.45) is 0 Å². The van der Waals surface area contributed by atoms with E-state index in [1.165, 1.54) is 0 Å². The standard InChI is InChI=1S/C25H22N4O4/c1-16-5-3-7-20(13-16)25-29-28-24(33-25)19-11-9-18(10-12-19)23(31)27-26-22(30)15-32-21-8-4-6-17(2)14-21/h3-14H,15H2,1-2H3,(H,26,30)(H,27,31). The number of amides is 2. The summed E-state index contributed by atoms with van der Waals surface area (Å²) < 4.78 is 11.2. The average Bonchev–Trinajstić information content (AvgIpc) is 3.32. The van der Waals surface area contributed by atoms with E-state index in [4.69, 9.17) is 9.15 Å². The van der Waals surface area contributed by atoms with Crippen molar-refractivity contribution < 1.29 is 18.7 Å². The van der Waals surface area contributed by atoms with Crippen molar-refractivity contribution in [3.05, 3.63) is 89.5 Å². The van der Waals surface area contributed by atoms with Crippen LogP contribution in [0.4, 0.5) is 0 Å². The minimum Gasteiger partial charge on any atom is -0.484 e. The number of nitrogens with one attached hydrogen (secondary N) is 2. The Bertz CT molecular complexity index is 1280. The molecule has 0 saturated carbocycles.